The predicted octanol–water partition coefficient (Wildman–Crippen LogP) is 2.67. The molecule has 1 amide bonds. The standard InChI is InChI=1S/C18H21NO4S/c1-2-14-5-7-15(8-6-14)18(20)19(12-17-4-3-10-23-17)16-9-11-24(21,22)13-16/h3-8,10,16H,2,9,11-13H2,1H3/t16-/m0/s1. The van der Waals surface area contributed by atoms with Gasteiger partial charge in [0, 0.05) is 11.6 Å². The molecule has 1 aliphatic rings. The van der Waals surface area contributed by atoms with Gasteiger partial charge in [0.05, 0.1) is 24.3 Å². The molecule has 2 aromatic rings. The minimum atomic E-state index is -3.07. The van der Waals surface area contributed by atoms with Crippen molar-refractivity contribution in [2.24, 2.45) is 0 Å². The number of benzene rings is 1. The van der Waals surface area contributed by atoms with Gasteiger partial charge in [-0.2, -0.15) is 0 Å². The van der Waals surface area contributed by atoms with E-state index in [4.69, 9.17) is 4.42 Å². The summed E-state index contributed by atoms with van der Waals surface area (Å²) in [5.74, 6) is 0.648. The number of nitrogens with zero attached hydrogens (tertiary/aromatic N) is 1. The van der Waals surface area contributed by atoms with Gasteiger partial charge in [-0.25, -0.2) is 8.42 Å². The van der Waals surface area contributed by atoms with Crippen LogP contribution in [0, 0.1) is 0 Å². The van der Waals surface area contributed by atoms with Crippen molar-refractivity contribution in [1.29, 1.82) is 0 Å². The smallest absolute Gasteiger partial charge is 0.254 e. The number of carbonyl (C=O) groups is 1. The molecule has 0 N–H and O–H groups in total. The van der Waals surface area contributed by atoms with Gasteiger partial charge in [-0.3, -0.25) is 4.79 Å². The van der Waals surface area contributed by atoms with E-state index >= 15 is 0 Å². The fourth-order valence-electron chi connectivity index (χ4n) is 3.01. The fraction of sp³-hybridized carbons (Fsp3) is 0.389. The number of furan rings is 1. The molecular formula is C18H21NO4S. The maximum atomic E-state index is 13.0. The third-order valence-electron chi connectivity index (χ3n) is 4.43. The van der Waals surface area contributed by atoms with Crippen molar-refractivity contribution < 1.29 is 17.6 Å². The number of sulfone groups is 1. The highest BCUT2D eigenvalue weighted by Crippen LogP contribution is 2.22. The lowest BCUT2D eigenvalue weighted by atomic mass is 10.1. The average Bonchev–Trinajstić information content (AvgIpc) is 3.21. The van der Waals surface area contributed by atoms with Crippen molar-refractivity contribution in [3.05, 3.63) is 59.5 Å². The summed E-state index contributed by atoms with van der Waals surface area (Å²) in [4.78, 5) is 14.6. The van der Waals surface area contributed by atoms with E-state index in [0.717, 1.165) is 12.0 Å². The second kappa shape index (κ2) is 6.81. The number of amides is 1. The number of hydrogen-bond acceptors (Lipinski definition) is 4. The molecule has 1 fully saturated rings. The minimum absolute atomic E-state index is 0.0203. The molecule has 1 aromatic heterocycles. The van der Waals surface area contributed by atoms with Crippen LogP contribution in [-0.4, -0.2) is 36.8 Å². The highest BCUT2D eigenvalue weighted by Gasteiger charge is 2.35. The van der Waals surface area contributed by atoms with Gasteiger partial charge in [-0.15, -0.1) is 0 Å². The monoisotopic (exact) mass is 347 g/mol. The van der Waals surface area contributed by atoms with Gasteiger partial charge in [-0.05, 0) is 42.7 Å². The molecule has 1 aliphatic heterocycles. The zero-order chi connectivity index (χ0) is 17.2. The van der Waals surface area contributed by atoms with Gasteiger partial charge in [0.2, 0.25) is 0 Å². The predicted molar refractivity (Wildman–Crippen MR) is 91.5 cm³/mol. The number of aryl methyl sites for hydroxylation is 1. The molecule has 1 saturated heterocycles. The molecule has 128 valence electrons. The Morgan fingerprint density at radius 3 is 2.54 bits per heavy atom. The van der Waals surface area contributed by atoms with Gasteiger partial charge in [0.1, 0.15) is 5.76 Å². The van der Waals surface area contributed by atoms with Crippen LogP contribution in [0.25, 0.3) is 0 Å². The highest BCUT2D eigenvalue weighted by molar-refractivity contribution is 7.91. The Hall–Kier alpha value is -2.08. The third-order valence-corrected chi connectivity index (χ3v) is 6.18. The van der Waals surface area contributed by atoms with Gasteiger partial charge in [0.15, 0.2) is 9.84 Å². The molecule has 6 heteroatoms. The van der Waals surface area contributed by atoms with Crippen LogP contribution in [-0.2, 0) is 22.8 Å². The molecule has 0 aliphatic carbocycles. The van der Waals surface area contributed by atoms with E-state index in [2.05, 4.69) is 6.92 Å². The normalized spacial score (nSPS) is 19.3. The molecule has 0 spiro atoms. The van der Waals surface area contributed by atoms with Crippen molar-refractivity contribution in [3.63, 3.8) is 0 Å². The molecule has 0 bridgehead atoms. The van der Waals surface area contributed by atoms with E-state index in [1.54, 1.807) is 35.4 Å². The summed E-state index contributed by atoms with van der Waals surface area (Å²) in [5, 5.41) is 0. The molecule has 1 aromatic carbocycles. The summed E-state index contributed by atoms with van der Waals surface area (Å²) in [7, 11) is -3.07. The summed E-state index contributed by atoms with van der Waals surface area (Å²) in [6.45, 7) is 2.34. The first-order chi connectivity index (χ1) is 11.5. The molecule has 2 heterocycles. The molecule has 0 saturated carbocycles. The Kier molecular flexibility index (Phi) is 4.76. The first-order valence-corrected chi connectivity index (χ1v) is 9.93. The van der Waals surface area contributed by atoms with Crippen LogP contribution in [0.2, 0.25) is 0 Å². The molecule has 5 nitrogen and oxygen atoms in total. The van der Waals surface area contributed by atoms with Crippen molar-refractivity contribution in [1.82, 2.24) is 4.90 Å². The lowest BCUT2D eigenvalue weighted by molar-refractivity contribution is 0.0666. The van der Waals surface area contributed by atoms with Crippen LogP contribution in [0.5, 0.6) is 0 Å². The molecule has 0 radical (unpaired) electrons. The largest absolute Gasteiger partial charge is 0.467 e. The average molecular weight is 347 g/mol. The lowest BCUT2D eigenvalue weighted by Crippen LogP contribution is -2.40. The fourth-order valence-corrected chi connectivity index (χ4v) is 4.74. The zero-order valence-electron chi connectivity index (χ0n) is 13.6. The van der Waals surface area contributed by atoms with E-state index in [1.165, 1.54) is 0 Å². The highest BCUT2D eigenvalue weighted by atomic mass is 32.2. The van der Waals surface area contributed by atoms with E-state index in [-0.39, 0.29) is 30.0 Å². The Labute approximate surface area is 142 Å². The topological polar surface area (TPSA) is 67.6 Å². The number of rotatable bonds is 5. The Morgan fingerprint density at radius 2 is 2.00 bits per heavy atom. The van der Waals surface area contributed by atoms with E-state index in [0.29, 0.717) is 17.7 Å². The molecule has 24 heavy (non-hydrogen) atoms. The van der Waals surface area contributed by atoms with Crippen molar-refractivity contribution in [2.45, 2.75) is 32.4 Å². The summed E-state index contributed by atoms with van der Waals surface area (Å²) in [6.07, 6.45) is 2.94. The Balaban J connectivity index is 1.86. The van der Waals surface area contributed by atoms with E-state index in [1.807, 2.05) is 12.1 Å². The summed E-state index contributed by atoms with van der Waals surface area (Å²) in [5.41, 5.74) is 1.73. The SMILES string of the molecule is CCc1ccc(C(=O)N(Cc2ccco2)[C@H]2CCS(=O)(=O)C2)cc1. The van der Waals surface area contributed by atoms with Crippen molar-refractivity contribution in [2.75, 3.05) is 11.5 Å². The van der Waals surface area contributed by atoms with E-state index < -0.39 is 9.84 Å². The molecule has 0 unspecified atom stereocenters. The van der Waals surface area contributed by atoms with Crippen LogP contribution in [0.1, 0.15) is 35.0 Å². The zero-order valence-corrected chi connectivity index (χ0v) is 14.5. The van der Waals surface area contributed by atoms with Crippen LogP contribution < -0.4 is 0 Å². The Bertz CT molecular complexity index is 794. The van der Waals surface area contributed by atoms with Crippen molar-refractivity contribution in [3.8, 4) is 0 Å². The Morgan fingerprint density at radius 1 is 1.25 bits per heavy atom. The quantitative estimate of drug-likeness (QED) is 0.834. The van der Waals surface area contributed by atoms with Crippen LogP contribution in [0.4, 0.5) is 0 Å². The third kappa shape index (κ3) is 3.70. The minimum Gasteiger partial charge on any atom is -0.467 e. The number of carbonyl (C=O) groups excluding carboxylic acids is 1. The summed E-state index contributed by atoms with van der Waals surface area (Å²) < 4.78 is 29.0. The number of hydrogen-bond donors (Lipinski definition) is 0. The summed E-state index contributed by atoms with van der Waals surface area (Å²) >= 11 is 0. The second-order valence-electron chi connectivity index (χ2n) is 6.12. The van der Waals surface area contributed by atoms with Crippen LogP contribution in [0.3, 0.4) is 0 Å². The second-order valence-corrected chi connectivity index (χ2v) is 8.35. The first kappa shape index (κ1) is 16.8. The van der Waals surface area contributed by atoms with E-state index in [9.17, 15) is 13.2 Å². The lowest BCUT2D eigenvalue weighted by Gasteiger charge is -2.27. The van der Waals surface area contributed by atoms with Gasteiger partial charge in [0.25, 0.3) is 5.91 Å². The van der Waals surface area contributed by atoms with Crippen molar-refractivity contribution >= 4 is 15.7 Å². The maximum Gasteiger partial charge on any atom is 0.254 e. The molecule has 1 atom stereocenters. The summed E-state index contributed by atoms with van der Waals surface area (Å²) in [6, 6.07) is 10.7. The van der Waals surface area contributed by atoms with Crippen LogP contribution >= 0.6 is 0 Å². The molecule has 3 rings (SSSR count). The molecular weight excluding hydrogens is 326 g/mol. The maximum absolute atomic E-state index is 13.0. The first-order valence-electron chi connectivity index (χ1n) is 8.11. The van der Waals surface area contributed by atoms with Crippen LogP contribution in [0.15, 0.2) is 47.1 Å². The van der Waals surface area contributed by atoms with Gasteiger partial charge in [-0.1, -0.05) is 19.1 Å². The van der Waals surface area contributed by atoms with Gasteiger partial charge >= 0.3 is 0 Å². The van der Waals surface area contributed by atoms with Gasteiger partial charge < -0.3 is 9.32 Å².